The molecule has 1 radical (unpaired) electrons. The Hall–Kier alpha value is 1.99. The van der Waals surface area contributed by atoms with Gasteiger partial charge in [-0.05, 0) is 0 Å². The van der Waals surface area contributed by atoms with Gasteiger partial charge in [-0.2, -0.15) is 8.62 Å². The Morgan fingerprint density at radius 2 is 1.00 bits per heavy atom. The monoisotopic (exact) mass is 333 g/mol. The summed E-state index contributed by atoms with van der Waals surface area (Å²) in [5, 5.41) is 0. The number of hydrogen-bond donors (Lipinski definition) is 5. The minimum Gasteiger partial charge on any atom is -1.00 e. The molecule has 15 heavy (non-hydrogen) atoms. The maximum absolute atomic E-state index is 10.4. The molecule has 5 N–H and O–H groups in total. The van der Waals surface area contributed by atoms with E-state index in [2.05, 4.69) is 8.62 Å². The van der Waals surface area contributed by atoms with Crippen molar-refractivity contribution in [2.75, 3.05) is 0 Å². The van der Waals surface area contributed by atoms with Crippen LogP contribution in [0.25, 0.3) is 0 Å². The molecule has 0 bridgehead atoms. The maximum atomic E-state index is 10.4. The first-order valence-electron chi connectivity index (χ1n) is 2.28. The van der Waals surface area contributed by atoms with E-state index in [0.717, 1.165) is 0 Å². The molecule has 0 saturated carbocycles. The van der Waals surface area contributed by atoms with E-state index in [-0.39, 0.29) is 49.5 Å². The number of rotatable bonds is 4. The topological polar surface area (TPSA) is 171 Å². The summed E-state index contributed by atoms with van der Waals surface area (Å²) < 4.78 is 36.4. The summed E-state index contributed by atoms with van der Waals surface area (Å²) in [4.78, 5) is 40.2. The second-order valence-corrected chi connectivity index (χ2v) is 5.82. The van der Waals surface area contributed by atoms with Gasteiger partial charge in [0.05, 0.1) is 0 Å². The van der Waals surface area contributed by atoms with E-state index in [9.17, 15) is 13.7 Å². The van der Waals surface area contributed by atoms with E-state index < -0.39 is 23.5 Å². The predicted molar refractivity (Wildman–Crippen MR) is 37.2 cm³/mol. The Balaban J connectivity index is -0.000000240. The summed E-state index contributed by atoms with van der Waals surface area (Å²) in [6.07, 6.45) is 0. The second-order valence-electron chi connectivity index (χ2n) is 1.61. The molecule has 0 heterocycles. The van der Waals surface area contributed by atoms with E-state index in [4.69, 9.17) is 24.5 Å². The molecule has 15 heteroatoms. The molecular weight excluding hydrogens is 327 g/mol. The van der Waals surface area contributed by atoms with Crippen LogP contribution in [0.5, 0.6) is 0 Å². The third kappa shape index (κ3) is 16.0. The molecule has 0 atom stereocenters. The van der Waals surface area contributed by atoms with Crippen LogP contribution >= 0.6 is 23.5 Å². The molecule has 0 rings (SSSR count). The molecule has 0 aliphatic rings. The first-order chi connectivity index (χ1) is 5.41. The zero-order chi connectivity index (χ0) is 10.9. The molecule has 0 spiro atoms. The van der Waals surface area contributed by atoms with Gasteiger partial charge in [0.15, 0.2) is 0 Å². The Kier molecular flexibility index (Phi) is 11.0. The van der Waals surface area contributed by atoms with Gasteiger partial charge in [-0.15, -0.1) is 0 Å². The van der Waals surface area contributed by atoms with Crippen LogP contribution in [0, 0.1) is 0 Å². The van der Waals surface area contributed by atoms with Crippen molar-refractivity contribution in [1.82, 2.24) is 0 Å². The molecule has 0 aromatic carbocycles. The third-order valence-electron chi connectivity index (χ3n) is 0.419. The van der Waals surface area contributed by atoms with Crippen LogP contribution in [0.4, 0.5) is 0 Å². The fourth-order valence-corrected chi connectivity index (χ4v) is 2.82. The zero-order valence-corrected chi connectivity index (χ0v) is 13.1. The van der Waals surface area contributed by atoms with Crippen LogP contribution in [0.3, 0.4) is 0 Å². The smallest absolute Gasteiger partial charge is 1.00 e. The van der Waals surface area contributed by atoms with Crippen LogP contribution in [0.15, 0.2) is 0 Å². The van der Waals surface area contributed by atoms with Gasteiger partial charge < -0.3 is 25.9 Å². The van der Waals surface area contributed by atoms with E-state index in [1.807, 2.05) is 0 Å². The molecule has 87 valence electrons. The van der Waals surface area contributed by atoms with Gasteiger partial charge in [-0.1, -0.05) is 0 Å². The average Bonchev–Trinajstić information content (AvgIpc) is 1.43. The fourth-order valence-electron chi connectivity index (χ4n) is 0.284. The third-order valence-corrected chi connectivity index (χ3v) is 3.77. The molecule has 0 aromatic rings. The molecule has 0 aromatic heterocycles. The van der Waals surface area contributed by atoms with Crippen LogP contribution in [-0.4, -0.2) is 24.5 Å². The molecule has 0 unspecified atom stereocenters. The van der Waals surface area contributed by atoms with E-state index >= 15 is 0 Å². The summed E-state index contributed by atoms with van der Waals surface area (Å²) >= 11 is 0. The summed E-state index contributed by atoms with van der Waals surface area (Å²) in [6.45, 7) is 0. The Bertz CT molecular complexity index is 288. The summed E-state index contributed by atoms with van der Waals surface area (Å²) in [5.74, 6) is 0. The normalized spacial score (nSPS) is 12.6. The van der Waals surface area contributed by atoms with Crippen molar-refractivity contribution < 1.29 is 96.3 Å². The Morgan fingerprint density at radius 3 is 1.13 bits per heavy atom. The molecule has 0 fully saturated rings. The average molecular weight is 333 g/mol. The minimum absolute atomic E-state index is 0. The largest absolute Gasteiger partial charge is 1.00 e. The molecule has 10 nitrogen and oxygen atoms in total. The molecular formula is H6NaO10P3V. The molecule has 0 saturated heterocycles. The van der Waals surface area contributed by atoms with Gasteiger partial charge in [0.1, 0.15) is 0 Å². The summed E-state index contributed by atoms with van der Waals surface area (Å²) in [6, 6.07) is 0. The minimum atomic E-state index is -5.46. The second kappa shape index (κ2) is 7.43. The standard InChI is InChI=1S/Na.H5O10P3.V.H/c;1-11(2,3)9-13(7,8)10-12(4,5)6;;/h;(H,7,8)(H2,1,2,3)(H2,4,5,6);;/q+1;;;-1. The maximum Gasteiger partial charge on any atom is 1.00 e. The van der Waals surface area contributed by atoms with Gasteiger partial charge in [-0.25, -0.2) is 13.7 Å². The Labute approximate surface area is 119 Å². The molecule has 0 aliphatic carbocycles. The van der Waals surface area contributed by atoms with Gasteiger partial charge in [0, 0.05) is 18.6 Å². The van der Waals surface area contributed by atoms with Crippen LogP contribution < -0.4 is 29.6 Å². The number of phosphoric acid groups is 3. The van der Waals surface area contributed by atoms with Gasteiger partial charge in [-0.3, -0.25) is 0 Å². The van der Waals surface area contributed by atoms with Gasteiger partial charge in [0.25, 0.3) is 0 Å². The molecule has 0 amide bonds. The van der Waals surface area contributed by atoms with Gasteiger partial charge in [0.2, 0.25) is 0 Å². The van der Waals surface area contributed by atoms with Crippen LogP contribution in [0.2, 0.25) is 0 Å². The van der Waals surface area contributed by atoms with Crippen LogP contribution in [0.1, 0.15) is 1.43 Å². The predicted octanol–water partition coefficient (Wildman–Crippen LogP) is -3.58. The zero-order valence-electron chi connectivity index (χ0n) is 8.07. The first-order valence-corrected chi connectivity index (χ1v) is 6.83. The number of hydrogen-bond acceptors (Lipinski definition) is 5. The van der Waals surface area contributed by atoms with E-state index in [1.54, 1.807) is 0 Å². The quantitative estimate of drug-likeness (QED) is 0.256. The van der Waals surface area contributed by atoms with Crippen molar-refractivity contribution >= 4 is 23.5 Å². The van der Waals surface area contributed by atoms with Crippen LogP contribution in [-0.2, 0) is 40.9 Å². The SMILES string of the molecule is O=P(O)(O)OP(=O)(O)OP(=O)(O)O.[H-].[Na+].[V]. The van der Waals surface area contributed by atoms with E-state index in [0.29, 0.717) is 0 Å². The van der Waals surface area contributed by atoms with E-state index in [1.165, 1.54) is 0 Å². The van der Waals surface area contributed by atoms with Crippen molar-refractivity contribution in [3.63, 3.8) is 0 Å². The van der Waals surface area contributed by atoms with Crippen molar-refractivity contribution in [3.8, 4) is 0 Å². The van der Waals surface area contributed by atoms with Gasteiger partial charge >= 0.3 is 53.0 Å². The van der Waals surface area contributed by atoms with Crippen molar-refractivity contribution in [2.45, 2.75) is 0 Å². The first kappa shape index (κ1) is 22.2. The van der Waals surface area contributed by atoms with Crippen molar-refractivity contribution in [1.29, 1.82) is 0 Å². The van der Waals surface area contributed by atoms with Crippen molar-refractivity contribution in [2.24, 2.45) is 0 Å². The molecule has 0 aliphatic heterocycles. The Morgan fingerprint density at radius 1 is 0.800 bits per heavy atom. The summed E-state index contributed by atoms with van der Waals surface area (Å²) in [7, 11) is -16.2. The summed E-state index contributed by atoms with van der Waals surface area (Å²) in [5.41, 5.74) is 0. The van der Waals surface area contributed by atoms with Crippen molar-refractivity contribution in [3.05, 3.63) is 0 Å². The fraction of sp³-hybridized carbons (Fsp3) is 0.